The van der Waals surface area contributed by atoms with Crippen molar-refractivity contribution in [3.05, 3.63) is 18.0 Å². The molecule has 2 heterocycles. The summed E-state index contributed by atoms with van der Waals surface area (Å²) in [6, 6.07) is 1.72. The molecule has 0 spiro atoms. The molecule has 0 radical (unpaired) electrons. The molecule has 16 heavy (non-hydrogen) atoms. The predicted octanol–water partition coefficient (Wildman–Crippen LogP) is 0.500. The summed E-state index contributed by atoms with van der Waals surface area (Å²) in [4.78, 5) is 13.8. The van der Waals surface area contributed by atoms with Crippen molar-refractivity contribution in [2.24, 2.45) is 7.05 Å². The van der Waals surface area contributed by atoms with Gasteiger partial charge in [-0.05, 0) is 6.07 Å². The Labute approximate surface area is 98.9 Å². The highest BCUT2D eigenvalue weighted by molar-refractivity contribution is 6.18. The molecular formula is C10H14ClN3O2. The maximum atomic E-state index is 12.0. The van der Waals surface area contributed by atoms with Crippen molar-refractivity contribution in [1.82, 2.24) is 14.7 Å². The van der Waals surface area contributed by atoms with Gasteiger partial charge >= 0.3 is 0 Å². The van der Waals surface area contributed by atoms with Crippen molar-refractivity contribution in [2.45, 2.75) is 6.10 Å². The molecule has 0 N–H and O–H groups in total. The van der Waals surface area contributed by atoms with E-state index in [1.165, 1.54) is 0 Å². The number of hydrogen-bond donors (Lipinski definition) is 0. The Morgan fingerprint density at radius 1 is 1.75 bits per heavy atom. The number of aromatic nitrogens is 2. The Balaban J connectivity index is 2.04. The predicted molar refractivity (Wildman–Crippen MR) is 59.6 cm³/mol. The van der Waals surface area contributed by atoms with Crippen molar-refractivity contribution >= 4 is 17.5 Å². The van der Waals surface area contributed by atoms with Gasteiger partial charge < -0.3 is 9.64 Å². The Morgan fingerprint density at radius 3 is 3.19 bits per heavy atom. The molecule has 1 unspecified atom stereocenters. The number of morpholine rings is 1. The van der Waals surface area contributed by atoms with Gasteiger partial charge in [0.25, 0.3) is 5.91 Å². The summed E-state index contributed by atoms with van der Waals surface area (Å²) < 4.78 is 7.01. The topological polar surface area (TPSA) is 47.4 Å². The highest BCUT2D eigenvalue weighted by Gasteiger charge is 2.25. The van der Waals surface area contributed by atoms with Crippen molar-refractivity contribution in [3.63, 3.8) is 0 Å². The second kappa shape index (κ2) is 4.84. The van der Waals surface area contributed by atoms with E-state index < -0.39 is 0 Å². The molecule has 0 saturated carbocycles. The minimum Gasteiger partial charge on any atom is -0.373 e. The zero-order valence-electron chi connectivity index (χ0n) is 9.10. The molecule has 1 atom stereocenters. The molecule has 2 rings (SSSR count). The first-order valence-electron chi connectivity index (χ1n) is 5.17. The molecule has 0 aromatic carbocycles. The van der Waals surface area contributed by atoms with Crippen molar-refractivity contribution in [1.29, 1.82) is 0 Å². The van der Waals surface area contributed by atoms with E-state index in [9.17, 15) is 4.79 Å². The number of nitrogens with zero attached hydrogens (tertiary/aromatic N) is 3. The van der Waals surface area contributed by atoms with E-state index in [2.05, 4.69) is 5.10 Å². The molecule has 1 aliphatic rings. The standard InChI is InChI=1S/C10H14ClN3O2/c1-13-3-2-9(12-13)10(15)14-4-5-16-8(6-11)7-14/h2-3,8H,4-7H2,1H3. The lowest BCUT2D eigenvalue weighted by molar-refractivity contribution is -0.0110. The lowest BCUT2D eigenvalue weighted by atomic mass is 10.2. The number of alkyl halides is 1. The van der Waals surface area contributed by atoms with Gasteiger partial charge in [0.15, 0.2) is 0 Å². The minimum atomic E-state index is -0.0666. The maximum absolute atomic E-state index is 12.0. The van der Waals surface area contributed by atoms with Crippen LogP contribution in [0, 0.1) is 0 Å². The summed E-state index contributed by atoms with van der Waals surface area (Å²) in [5, 5.41) is 4.09. The van der Waals surface area contributed by atoms with E-state index in [0.29, 0.717) is 31.3 Å². The number of rotatable bonds is 2. The third kappa shape index (κ3) is 2.36. The van der Waals surface area contributed by atoms with Crippen LogP contribution in [-0.4, -0.2) is 52.3 Å². The minimum absolute atomic E-state index is 0.0565. The molecule has 88 valence electrons. The maximum Gasteiger partial charge on any atom is 0.274 e. The van der Waals surface area contributed by atoms with Gasteiger partial charge in [-0.3, -0.25) is 9.48 Å². The molecule has 5 nitrogen and oxygen atoms in total. The van der Waals surface area contributed by atoms with Crippen LogP contribution in [0.4, 0.5) is 0 Å². The molecule has 0 bridgehead atoms. The number of carbonyl (C=O) groups excluding carboxylic acids is 1. The Bertz CT molecular complexity index is 380. The van der Waals surface area contributed by atoms with E-state index in [1.54, 1.807) is 28.9 Å². The van der Waals surface area contributed by atoms with Gasteiger partial charge in [0.05, 0.1) is 18.6 Å². The summed E-state index contributed by atoms with van der Waals surface area (Å²) in [6.07, 6.45) is 1.69. The molecular weight excluding hydrogens is 230 g/mol. The SMILES string of the molecule is Cn1ccc(C(=O)N2CCOC(CCl)C2)n1. The monoisotopic (exact) mass is 243 g/mol. The van der Waals surface area contributed by atoms with E-state index in [1.807, 2.05) is 0 Å². The average Bonchev–Trinajstić information content (AvgIpc) is 2.75. The number of halogens is 1. The number of amides is 1. The number of carbonyl (C=O) groups is 1. The van der Waals surface area contributed by atoms with E-state index in [0.717, 1.165) is 0 Å². The zero-order valence-corrected chi connectivity index (χ0v) is 9.85. The Kier molecular flexibility index (Phi) is 3.46. The highest BCUT2D eigenvalue weighted by atomic mass is 35.5. The third-order valence-corrected chi connectivity index (χ3v) is 2.88. The van der Waals surface area contributed by atoms with Crippen LogP contribution in [0.3, 0.4) is 0 Å². The zero-order chi connectivity index (χ0) is 11.5. The number of ether oxygens (including phenoxy) is 1. The highest BCUT2D eigenvalue weighted by Crippen LogP contribution is 2.10. The molecule has 1 aromatic heterocycles. The normalized spacial score (nSPS) is 21.1. The summed E-state index contributed by atoms with van der Waals surface area (Å²) in [7, 11) is 1.79. The van der Waals surface area contributed by atoms with Crippen molar-refractivity contribution in [3.8, 4) is 0 Å². The quantitative estimate of drug-likeness (QED) is 0.711. The molecule has 6 heteroatoms. The molecule has 1 saturated heterocycles. The van der Waals surface area contributed by atoms with Crippen LogP contribution in [0.15, 0.2) is 12.3 Å². The van der Waals surface area contributed by atoms with Crippen LogP contribution in [0.1, 0.15) is 10.5 Å². The van der Waals surface area contributed by atoms with Crippen LogP contribution in [0.5, 0.6) is 0 Å². The first-order chi connectivity index (χ1) is 7.70. The average molecular weight is 244 g/mol. The molecule has 0 aliphatic carbocycles. The van der Waals surface area contributed by atoms with Crippen LogP contribution in [0.2, 0.25) is 0 Å². The van der Waals surface area contributed by atoms with Gasteiger partial charge in [-0.1, -0.05) is 0 Å². The second-order valence-corrected chi connectivity index (χ2v) is 4.08. The lowest BCUT2D eigenvalue weighted by Gasteiger charge is -2.31. The third-order valence-electron chi connectivity index (χ3n) is 2.53. The molecule has 1 amide bonds. The van der Waals surface area contributed by atoms with Crippen LogP contribution < -0.4 is 0 Å². The smallest absolute Gasteiger partial charge is 0.274 e. The lowest BCUT2D eigenvalue weighted by Crippen LogP contribution is -2.46. The summed E-state index contributed by atoms with van der Waals surface area (Å²) in [5.41, 5.74) is 0.470. The van der Waals surface area contributed by atoms with Crippen LogP contribution in [-0.2, 0) is 11.8 Å². The first kappa shape index (κ1) is 11.4. The van der Waals surface area contributed by atoms with Crippen LogP contribution >= 0.6 is 11.6 Å². The van der Waals surface area contributed by atoms with Crippen molar-refractivity contribution < 1.29 is 9.53 Å². The molecule has 1 aromatic rings. The fraction of sp³-hybridized carbons (Fsp3) is 0.600. The number of aryl methyl sites for hydroxylation is 1. The van der Waals surface area contributed by atoms with E-state index >= 15 is 0 Å². The van der Waals surface area contributed by atoms with Gasteiger partial charge in [-0.25, -0.2) is 0 Å². The largest absolute Gasteiger partial charge is 0.373 e. The Hall–Kier alpha value is -1.07. The van der Waals surface area contributed by atoms with E-state index in [4.69, 9.17) is 16.3 Å². The Morgan fingerprint density at radius 2 is 2.56 bits per heavy atom. The summed E-state index contributed by atoms with van der Waals surface area (Å²) >= 11 is 5.72. The summed E-state index contributed by atoms with van der Waals surface area (Å²) in [6.45, 7) is 1.68. The fourth-order valence-electron chi connectivity index (χ4n) is 1.69. The van der Waals surface area contributed by atoms with Gasteiger partial charge in [-0.15, -0.1) is 11.6 Å². The van der Waals surface area contributed by atoms with E-state index in [-0.39, 0.29) is 12.0 Å². The molecule has 1 aliphatic heterocycles. The van der Waals surface area contributed by atoms with Crippen LogP contribution in [0.25, 0.3) is 0 Å². The second-order valence-electron chi connectivity index (χ2n) is 3.77. The molecule has 1 fully saturated rings. The first-order valence-corrected chi connectivity index (χ1v) is 5.70. The van der Waals surface area contributed by atoms with Gasteiger partial charge in [0, 0.05) is 26.3 Å². The fourth-order valence-corrected chi connectivity index (χ4v) is 1.87. The van der Waals surface area contributed by atoms with Gasteiger partial charge in [-0.2, -0.15) is 5.10 Å². The summed E-state index contributed by atoms with van der Waals surface area (Å²) in [5.74, 6) is 0.352. The van der Waals surface area contributed by atoms with Crippen molar-refractivity contribution in [2.75, 3.05) is 25.6 Å². The van der Waals surface area contributed by atoms with Gasteiger partial charge in [0.2, 0.25) is 0 Å². The van der Waals surface area contributed by atoms with Gasteiger partial charge in [0.1, 0.15) is 5.69 Å². The number of hydrogen-bond acceptors (Lipinski definition) is 3.